The van der Waals surface area contributed by atoms with E-state index in [0.29, 0.717) is 16.2 Å². The molecule has 122 valence electrons. The number of benzene rings is 1. The van der Waals surface area contributed by atoms with Gasteiger partial charge in [-0.05, 0) is 30.5 Å². The minimum atomic E-state index is -1.12. The topological polar surface area (TPSA) is 88.5 Å². The van der Waals surface area contributed by atoms with Crippen molar-refractivity contribution in [3.63, 3.8) is 0 Å². The number of carboxylic acids is 1. The number of amides is 1. The fourth-order valence-corrected chi connectivity index (χ4v) is 2.95. The Bertz CT molecular complexity index is 682. The number of aliphatic carboxylic acids is 1. The molecule has 2 N–H and O–H groups in total. The van der Waals surface area contributed by atoms with E-state index in [-0.39, 0.29) is 0 Å². The molecule has 0 aliphatic rings. The number of rotatable bonds is 7. The van der Waals surface area contributed by atoms with Crippen LogP contribution in [0.25, 0.3) is 0 Å². The Morgan fingerprint density at radius 3 is 2.61 bits per heavy atom. The second-order valence-electron chi connectivity index (χ2n) is 4.89. The maximum atomic E-state index is 12.2. The molecule has 0 bridgehead atoms. The number of aromatic nitrogens is 1. The number of nitrogens with zero attached hydrogens (tertiary/aromatic N) is 1. The van der Waals surface area contributed by atoms with Crippen molar-refractivity contribution in [2.24, 2.45) is 0 Å². The number of carbonyl (C=O) groups is 2. The fraction of sp³-hybridized carbons (Fsp3) is 0.312. The summed E-state index contributed by atoms with van der Waals surface area (Å²) in [6.45, 7) is 2.03. The standard InChI is InChI=1S/C16H18N2O4S/c1-3-4-13-17-9-12(23-13)15(19)18-14(16(20)21)10-5-7-11(22-2)8-6-10/h5-9,14H,3-4H2,1-2H3,(H,18,19)(H,20,21). The number of methoxy groups -OCH3 is 1. The number of ether oxygens (including phenoxy) is 1. The van der Waals surface area contributed by atoms with Crippen LogP contribution in [-0.4, -0.2) is 29.1 Å². The van der Waals surface area contributed by atoms with Crippen molar-refractivity contribution >= 4 is 23.2 Å². The molecule has 0 spiro atoms. The molecule has 6 nitrogen and oxygen atoms in total. The summed E-state index contributed by atoms with van der Waals surface area (Å²) in [5.74, 6) is -0.939. The van der Waals surface area contributed by atoms with Gasteiger partial charge < -0.3 is 15.2 Å². The van der Waals surface area contributed by atoms with Gasteiger partial charge in [-0.2, -0.15) is 0 Å². The van der Waals surface area contributed by atoms with Gasteiger partial charge >= 0.3 is 5.97 Å². The molecule has 2 aromatic rings. The van der Waals surface area contributed by atoms with E-state index in [0.717, 1.165) is 17.8 Å². The van der Waals surface area contributed by atoms with Crippen molar-refractivity contribution in [3.8, 4) is 5.75 Å². The smallest absolute Gasteiger partial charge is 0.330 e. The van der Waals surface area contributed by atoms with Gasteiger partial charge in [0.15, 0.2) is 6.04 Å². The number of nitrogens with one attached hydrogen (secondary N) is 1. The maximum Gasteiger partial charge on any atom is 0.330 e. The Hall–Kier alpha value is -2.41. The lowest BCUT2D eigenvalue weighted by atomic mass is 10.1. The molecule has 7 heteroatoms. The molecule has 23 heavy (non-hydrogen) atoms. The number of hydrogen-bond donors (Lipinski definition) is 2. The summed E-state index contributed by atoms with van der Waals surface area (Å²) in [7, 11) is 1.53. The average Bonchev–Trinajstić information content (AvgIpc) is 3.01. The SMILES string of the molecule is CCCc1ncc(C(=O)NC(C(=O)O)c2ccc(OC)cc2)s1. The first-order valence-electron chi connectivity index (χ1n) is 7.17. The van der Waals surface area contributed by atoms with Crippen LogP contribution >= 0.6 is 11.3 Å². The largest absolute Gasteiger partial charge is 0.497 e. The van der Waals surface area contributed by atoms with Crippen LogP contribution in [0.15, 0.2) is 30.5 Å². The van der Waals surface area contributed by atoms with Crippen molar-refractivity contribution < 1.29 is 19.4 Å². The zero-order chi connectivity index (χ0) is 16.8. The van der Waals surface area contributed by atoms with E-state index in [4.69, 9.17) is 4.74 Å². The second-order valence-corrected chi connectivity index (χ2v) is 6.00. The van der Waals surface area contributed by atoms with E-state index in [2.05, 4.69) is 10.3 Å². The highest BCUT2D eigenvalue weighted by Crippen LogP contribution is 2.20. The van der Waals surface area contributed by atoms with Crippen LogP contribution in [0.3, 0.4) is 0 Å². The molecule has 1 aromatic carbocycles. The number of carbonyl (C=O) groups excluding carboxylic acids is 1. The number of hydrogen-bond acceptors (Lipinski definition) is 5. The normalized spacial score (nSPS) is 11.7. The Kier molecular flexibility index (Phi) is 5.70. The van der Waals surface area contributed by atoms with Gasteiger partial charge in [-0.15, -0.1) is 11.3 Å². The minimum Gasteiger partial charge on any atom is -0.497 e. The third-order valence-corrected chi connectivity index (χ3v) is 4.27. The van der Waals surface area contributed by atoms with Gasteiger partial charge in [-0.25, -0.2) is 9.78 Å². The van der Waals surface area contributed by atoms with E-state index in [1.54, 1.807) is 24.3 Å². The lowest BCUT2D eigenvalue weighted by Gasteiger charge is -2.14. The van der Waals surface area contributed by atoms with E-state index in [1.807, 2.05) is 6.92 Å². The van der Waals surface area contributed by atoms with Crippen LogP contribution in [0.2, 0.25) is 0 Å². The van der Waals surface area contributed by atoms with Crippen LogP contribution < -0.4 is 10.1 Å². The molecule has 0 aliphatic heterocycles. The van der Waals surface area contributed by atoms with Crippen LogP contribution in [0.5, 0.6) is 5.75 Å². The second kappa shape index (κ2) is 7.73. The number of carboxylic acid groups (broad SMARTS) is 1. The molecule has 2 rings (SSSR count). The molecule has 1 unspecified atom stereocenters. The van der Waals surface area contributed by atoms with Crippen molar-refractivity contribution in [1.29, 1.82) is 0 Å². The number of thiazole rings is 1. The molecule has 0 fully saturated rings. The summed E-state index contributed by atoms with van der Waals surface area (Å²) < 4.78 is 5.04. The average molecular weight is 334 g/mol. The molecular formula is C16H18N2O4S. The van der Waals surface area contributed by atoms with Crippen molar-refractivity contribution in [2.75, 3.05) is 7.11 Å². The van der Waals surface area contributed by atoms with Crippen LogP contribution in [0.1, 0.15) is 39.6 Å². The zero-order valence-corrected chi connectivity index (χ0v) is 13.7. The Morgan fingerprint density at radius 1 is 1.35 bits per heavy atom. The highest BCUT2D eigenvalue weighted by molar-refractivity contribution is 7.13. The lowest BCUT2D eigenvalue weighted by Crippen LogP contribution is -2.33. The first-order valence-corrected chi connectivity index (χ1v) is 7.99. The Balaban J connectivity index is 2.14. The highest BCUT2D eigenvalue weighted by atomic mass is 32.1. The van der Waals surface area contributed by atoms with Crippen molar-refractivity contribution in [2.45, 2.75) is 25.8 Å². The summed E-state index contributed by atoms with van der Waals surface area (Å²) in [6.07, 6.45) is 3.23. The van der Waals surface area contributed by atoms with E-state index < -0.39 is 17.9 Å². The van der Waals surface area contributed by atoms with E-state index in [1.165, 1.54) is 24.6 Å². The van der Waals surface area contributed by atoms with E-state index in [9.17, 15) is 14.7 Å². The fourth-order valence-electron chi connectivity index (χ4n) is 2.03. The van der Waals surface area contributed by atoms with Gasteiger partial charge in [0.2, 0.25) is 0 Å². The van der Waals surface area contributed by atoms with Gasteiger partial charge in [-0.1, -0.05) is 19.1 Å². The monoisotopic (exact) mass is 334 g/mol. The maximum absolute atomic E-state index is 12.2. The summed E-state index contributed by atoms with van der Waals surface area (Å²) >= 11 is 1.28. The molecule has 0 saturated carbocycles. The predicted octanol–water partition coefficient (Wildman–Crippen LogP) is 2.66. The first kappa shape index (κ1) is 17.0. The van der Waals surface area contributed by atoms with Gasteiger partial charge in [0, 0.05) is 0 Å². The van der Waals surface area contributed by atoms with Crippen LogP contribution in [0.4, 0.5) is 0 Å². The van der Waals surface area contributed by atoms with Crippen molar-refractivity contribution in [1.82, 2.24) is 10.3 Å². The lowest BCUT2D eigenvalue weighted by molar-refractivity contribution is -0.139. The third kappa shape index (κ3) is 4.29. The molecule has 1 atom stereocenters. The molecule has 1 aromatic heterocycles. The third-order valence-electron chi connectivity index (χ3n) is 3.21. The summed E-state index contributed by atoms with van der Waals surface area (Å²) in [6, 6.07) is 5.43. The first-order chi connectivity index (χ1) is 11.0. The summed E-state index contributed by atoms with van der Waals surface area (Å²) in [5, 5.41) is 12.8. The quantitative estimate of drug-likeness (QED) is 0.812. The van der Waals surface area contributed by atoms with Crippen LogP contribution in [-0.2, 0) is 11.2 Å². The molecular weight excluding hydrogens is 316 g/mol. The minimum absolute atomic E-state index is 0.410. The highest BCUT2D eigenvalue weighted by Gasteiger charge is 2.23. The summed E-state index contributed by atoms with van der Waals surface area (Å²) in [4.78, 5) is 28.3. The molecule has 1 heterocycles. The van der Waals surface area contributed by atoms with Crippen LogP contribution in [0, 0.1) is 0 Å². The summed E-state index contributed by atoms with van der Waals surface area (Å²) in [5.41, 5.74) is 0.477. The zero-order valence-electron chi connectivity index (χ0n) is 12.9. The van der Waals surface area contributed by atoms with Crippen molar-refractivity contribution in [3.05, 3.63) is 45.9 Å². The Labute approximate surface area is 138 Å². The van der Waals surface area contributed by atoms with Gasteiger partial charge in [0.25, 0.3) is 5.91 Å². The molecule has 0 radical (unpaired) electrons. The molecule has 1 amide bonds. The molecule has 0 aliphatic carbocycles. The van der Waals surface area contributed by atoms with Gasteiger partial charge in [-0.3, -0.25) is 4.79 Å². The Morgan fingerprint density at radius 2 is 2.04 bits per heavy atom. The predicted molar refractivity (Wildman–Crippen MR) is 86.9 cm³/mol. The number of aryl methyl sites for hydroxylation is 1. The van der Waals surface area contributed by atoms with Gasteiger partial charge in [0.1, 0.15) is 10.6 Å². The van der Waals surface area contributed by atoms with E-state index >= 15 is 0 Å². The van der Waals surface area contributed by atoms with Gasteiger partial charge in [0.05, 0.1) is 18.3 Å². The molecule has 0 saturated heterocycles.